The first-order valence-corrected chi connectivity index (χ1v) is 18.2. The molecule has 0 radical (unpaired) electrons. The van der Waals surface area contributed by atoms with Crippen molar-refractivity contribution in [3.8, 4) is 28.2 Å². The van der Waals surface area contributed by atoms with Crippen molar-refractivity contribution in [1.29, 1.82) is 0 Å². The maximum Gasteiger partial charge on any atom is 0.189 e. The van der Waals surface area contributed by atoms with Gasteiger partial charge in [-0.05, 0) is 83.9 Å². The van der Waals surface area contributed by atoms with E-state index >= 15 is 0 Å². The molecule has 0 aliphatic rings. The van der Waals surface area contributed by atoms with E-state index in [4.69, 9.17) is 13.1 Å². The van der Waals surface area contributed by atoms with Crippen molar-refractivity contribution in [3.63, 3.8) is 0 Å². The SMILES string of the molecule is [C-]#[N+]c1cc(-c2ccc(-n3c4cc([N+]#[C-])ccc4c4ccc(-n5c6ccccc6c6ccccc65)cc43)cc2)cc(-n2c3ccccc3c3ccccc32)c1. The summed E-state index contributed by atoms with van der Waals surface area (Å²) in [6, 6.07) is 61.4. The lowest BCUT2D eigenvalue weighted by molar-refractivity contribution is 1.15. The fraction of sp³-hybridized carbons (Fsp3) is 0. The van der Waals surface area contributed by atoms with E-state index in [1.807, 2.05) is 24.3 Å². The molecule has 0 saturated heterocycles. The molecule has 3 aromatic heterocycles. The van der Waals surface area contributed by atoms with Crippen LogP contribution in [0.3, 0.4) is 0 Å². The highest BCUT2D eigenvalue weighted by molar-refractivity contribution is 6.13. The Kier molecular flexibility index (Phi) is 6.61. The first kappa shape index (κ1) is 30.7. The molecule has 5 nitrogen and oxygen atoms in total. The fourth-order valence-electron chi connectivity index (χ4n) is 8.64. The number of nitrogens with zero attached hydrogens (tertiary/aromatic N) is 5. The van der Waals surface area contributed by atoms with Crippen LogP contribution < -0.4 is 0 Å². The molecule has 11 rings (SSSR count). The summed E-state index contributed by atoms with van der Waals surface area (Å²) in [5.41, 5.74) is 12.8. The maximum atomic E-state index is 8.01. The maximum absolute atomic E-state index is 8.01. The van der Waals surface area contributed by atoms with Crippen molar-refractivity contribution in [2.24, 2.45) is 0 Å². The molecular weight excluding hydrogens is 671 g/mol. The van der Waals surface area contributed by atoms with Crippen LogP contribution in [-0.2, 0) is 0 Å². The third-order valence-electron chi connectivity index (χ3n) is 11.0. The van der Waals surface area contributed by atoms with Gasteiger partial charge in [-0.3, -0.25) is 0 Å². The molecule has 254 valence electrons. The quantitative estimate of drug-likeness (QED) is 0.163. The number of benzene rings is 8. The Balaban J connectivity index is 1.09. The summed E-state index contributed by atoms with van der Waals surface area (Å²) in [4.78, 5) is 7.70. The molecule has 0 bridgehead atoms. The van der Waals surface area contributed by atoms with Crippen LogP contribution in [-0.4, -0.2) is 13.7 Å². The van der Waals surface area contributed by atoms with Gasteiger partial charge in [0, 0.05) is 54.9 Å². The monoisotopic (exact) mass is 699 g/mol. The topological polar surface area (TPSA) is 23.5 Å². The van der Waals surface area contributed by atoms with Crippen molar-refractivity contribution in [1.82, 2.24) is 13.7 Å². The molecule has 0 fully saturated rings. The van der Waals surface area contributed by atoms with Crippen LogP contribution in [0.4, 0.5) is 11.4 Å². The predicted molar refractivity (Wildman–Crippen MR) is 227 cm³/mol. The first-order chi connectivity index (χ1) is 27.2. The van der Waals surface area contributed by atoms with E-state index in [0.717, 1.165) is 72.1 Å². The molecule has 5 heteroatoms. The number of fused-ring (bicyclic) bond motifs is 9. The van der Waals surface area contributed by atoms with Gasteiger partial charge in [0.1, 0.15) is 0 Å². The number of hydrogen-bond acceptors (Lipinski definition) is 0. The lowest BCUT2D eigenvalue weighted by Crippen LogP contribution is -1.97. The lowest BCUT2D eigenvalue weighted by atomic mass is 10.0. The van der Waals surface area contributed by atoms with Crippen molar-refractivity contribution < 1.29 is 0 Å². The smallest absolute Gasteiger partial charge is 0.189 e. The van der Waals surface area contributed by atoms with E-state index in [0.29, 0.717) is 11.4 Å². The molecule has 0 amide bonds. The number of para-hydroxylation sites is 4. The second-order valence-electron chi connectivity index (χ2n) is 14.0. The summed E-state index contributed by atoms with van der Waals surface area (Å²) >= 11 is 0. The normalized spacial score (nSPS) is 11.6. The minimum atomic E-state index is 0.588. The average Bonchev–Trinajstić information content (AvgIpc) is 3.88. The molecule has 3 heterocycles. The highest BCUT2D eigenvalue weighted by atomic mass is 15.0. The van der Waals surface area contributed by atoms with Gasteiger partial charge in [0.2, 0.25) is 0 Å². The van der Waals surface area contributed by atoms with Crippen molar-refractivity contribution in [2.45, 2.75) is 0 Å². The Hall–Kier alpha value is -7.86. The molecule has 0 saturated carbocycles. The second kappa shape index (κ2) is 11.8. The zero-order valence-corrected chi connectivity index (χ0v) is 29.5. The first-order valence-electron chi connectivity index (χ1n) is 18.2. The number of rotatable bonds is 4. The Morgan fingerprint density at radius 1 is 0.291 bits per heavy atom. The third kappa shape index (κ3) is 4.58. The third-order valence-corrected chi connectivity index (χ3v) is 11.0. The van der Waals surface area contributed by atoms with Gasteiger partial charge in [-0.15, -0.1) is 0 Å². The summed E-state index contributed by atoms with van der Waals surface area (Å²) in [6.07, 6.45) is 0. The Bertz CT molecular complexity index is 3350. The Morgan fingerprint density at radius 3 is 1.27 bits per heavy atom. The molecule has 0 aliphatic heterocycles. The van der Waals surface area contributed by atoms with E-state index in [1.165, 1.54) is 21.5 Å². The molecule has 0 aliphatic carbocycles. The van der Waals surface area contributed by atoms with Gasteiger partial charge < -0.3 is 13.7 Å². The number of hydrogen-bond donors (Lipinski definition) is 0. The summed E-state index contributed by atoms with van der Waals surface area (Å²) < 4.78 is 6.89. The van der Waals surface area contributed by atoms with Crippen LogP contribution in [0.15, 0.2) is 176 Å². The predicted octanol–water partition coefficient (Wildman–Crippen LogP) is 13.7. The molecule has 0 spiro atoms. The highest BCUT2D eigenvalue weighted by Gasteiger charge is 2.18. The average molecular weight is 700 g/mol. The summed E-state index contributed by atoms with van der Waals surface area (Å²) in [6.45, 7) is 15.8. The molecule has 8 aromatic carbocycles. The van der Waals surface area contributed by atoms with E-state index in [1.54, 1.807) is 0 Å². The second-order valence-corrected chi connectivity index (χ2v) is 14.0. The molecule has 0 N–H and O–H groups in total. The largest absolute Gasteiger partial charge is 0.310 e. The standard InChI is InChI=1S/C50H29N5/c1-51-34-21-25-43-44-26-24-37(54-45-15-7-3-11-39(45)40-12-4-8-16-46(40)54)31-50(44)53(49(43)30-34)36-22-19-32(20-23-36)33-27-35(52-2)29-38(28-33)55-47-17-9-5-13-41(47)42-14-6-10-18-48(42)55/h3-31H. The zero-order valence-electron chi connectivity index (χ0n) is 29.5. The molecule has 0 atom stereocenters. The summed E-state index contributed by atoms with van der Waals surface area (Å²) in [5.74, 6) is 0. The van der Waals surface area contributed by atoms with Crippen LogP contribution in [0, 0.1) is 13.1 Å². The van der Waals surface area contributed by atoms with Crippen LogP contribution >= 0.6 is 0 Å². The van der Waals surface area contributed by atoms with Crippen molar-refractivity contribution in [2.75, 3.05) is 0 Å². The van der Waals surface area contributed by atoms with E-state index in [2.05, 4.69) is 175 Å². The highest BCUT2D eigenvalue weighted by Crippen LogP contribution is 2.39. The van der Waals surface area contributed by atoms with Crippen LogP contribution in [0.1, 0.15) is 0 Å². The Morgan fingerprint density at radius 2 is 0.727 bits per heavy atom. The number of aromatic nitrogens is 3. The van der Waals surface area contributed by atoms with Crippen molar-refractivity contribution in [3.05, 3.63) is 199 Å². The van der Waals surface area contributed by atoms with Crippen molar-refractivity contribution >= 4 is 76.8 Å². The van der Waals surface area contributed by atoms with Gasteiger partial charge in [0.25, 0.3) is 0 Å². The van der Waals surface area contributed by atoms with Gasteiger partial charge in [0.15, 0.2) is 11.4 Å². The molecular formula is C50H29N5. The van der Waals surface area contributed by atoms with Gasteiger partial charge in [-0.25, -0.2) is 9.69 Å². The van der Waals surface area contributed by atoms with Gasteiger partial charge in [0.05, 0.1) is 40.7 Å². The molecule has 11 aromatic rings. The van der Waals surface area contributed by atoms with Crippen LogP contribution in [0.2, 0.25) is 0 Å². The van der Waals surface area contributed by atoms with E-state index in [-0.39, 0.29) is 0 Å². The zero-order chi connectivity index (χ0) is 36.6. The van der Waals surface area contributed by atoms with Gasteiger partial charge in [-0.1, -0.05) is 103 Å². The van der Waals surface area contributed by atoms with Crippen LogP contribution in [0.25, 0.3) is 103 Å². The van der Waals surface area contributed by atoms with E-state index in [9.17, 15) is 0 Å². The van der Waals surface area contributed by atoms with Crippen LogP contribution in [0.5, 0.6) is 0 Å². The summed E-state index contributed by atoms with van der Waals surface area (Å²) in [5, 5.41) is 7.04. The minimum absolute atomic E-state index is 0.588. The van der Waals surface area contributed by atoms with Gasteiger partial charge in [-0.2, -0.15) is 0 Å². The Labute approximate surface area is 316 Å². The molecule has 55 heavy (non-hydrogen) atoms. The fourth-order valence-corrected chi connectivity index (χ4v) is 8.64. The molecule has 0 unspecified atom stereocenters. The minimum Gasteiger partial charge on any atom is -0.310 e. The van der Waals surface area contributed by atoms with Gasteiger partial charge >= 0.3 is 0 Å². The van der Waals surface area contributed by atoms with E-state index < -0.39 is 0 Å². The summed E-state index contributed by atoms with van der Waals surface area (Å²) in [7, 11) is 0. The lowest BCUT2D eigenvalue weighted by Gasteiger charge is -2.13.